The fraction of sp³-hybridized carbons (Fsp3) is 0.200. The number of carbonyl (C=O) groups is 1. The molecule has 1 heterocycles. The van der Waals surface area contributed by atoms with Crippen LogP contribution in [0.15, 0.2) is 30.5 Å². The van der Waals surface area contributed by atoms with Gasteiger partial charge in [-0.05, 0) is 30.7 Å². The van der Waals surface area contributed by atoms with Gasteiger partial charge in [0.2, 0.25) is 0 Å². The van der Waals surface area contributed by atoms with E-state index in [2.05, 4.69) is 22.3 Å². The summed E-state index contributed by atoms with van der Waals surface area (Å²) in [6, 6.07) is 7.19. The zero-order chi connectivity index (χ0) is 14.5. The molecule has 0 fully saturated rings. The number of amides is 1. The van der Waals surface area contributed by atoms with Gasteiger partial charge in [-0.1, -0.05) is 17.9 Å². The van der Waals surface area contributed by atoms with Gasteiger partial charge < -0.3 is 10.4 Å². The molecule has 0 bridgehead atoms. The Kier molecular flexibility index (Phi) is 4.18. The number of aliphatic hydroxyl groups is 1. The number of rotatable bonds is 2. The number of nitrogens with zero attached hydrogens (tertiary/aromatic N) is 2. The minimum absolute atomic E-state index is 0.221. The fourth-order valence-corrected chi connectivity index (χ4v) is 1.73. The Morgan fingerprint density at radius 1 is 1.45 bits per heavy atom. The fourth-order valence-electron chi connectivity index (χ4n) is 1.73. The molecule has 2 rings (SSSR count). The Morgan fingerprint density at radius 3 is 2.90 bits per heavy atom. The van der Waals surface area contributed by atoms with Crippen LogP contribution in [-0.2, 0) is 7.05 Å². The highest BCUT2D eigenvalue weighted by Gasteiger charge is 2.11. The molecule has 0 aliphatic heterocycles. The first-order valence-corrected chi connectivity index (χ1v) is 6.11. The van der Waals surface area contributed by atoms with Crippen molar-refractivity contribution in [1.29, 1.82) is 0 Å². The predicted molar refractivity (Wildman–Crippen MR) is 76.3 cm³/mol. The number of hydrogen-bond acceptors (Lipinski definition) is 3. The lowest BCUT2D eigenvalue weighted by Crippen LogP contribution is -2.14. The Bertz CT molecular complexity index is 693. The number of anilines is 1. The lowest BCUT2D eigenvalue weighted by atomic mass is 10.1. The largest absolute Gasteiger partial charge is 0.384 e. The molecule has 0 atom stereocenters. The summed E-state index contributed by atoms with van der Waals surface area (Å²) < 4.78 is 1.57. The molecule has 2 N–H and O–H groups in total. The maximum absolute atomic E-state index is 12.1. The highest BCUT2D eigenvalue weighted by atomic mass is 16.2. The second-order valence-corrected chi connectivity index (χ2v) is 4.34. The van der Waals surface area contributed by atoms with E-state index >= 15 is 0 Å². The average Bonchev–Trinajstić information content (AvgIpc) is 2.85. The van der Waals surface area contributed by atoms with E-state index in [0.29, 0.717) is 16.9 Å². The van der Waals surface area contributed by atoms with E-state index in [1.807, 2.05) is 25.1 Å². The van der Waals surface area contributed by atoms with E-state index in [-0.39, 0.29) is 12.5 Å². The number of benzene rings is 1. The molecule has 0 radical (unpaired) electrons. The predicted octanol–water partition coefficient (Wildman–Crippen LogP) is 1.32. The second kappa shape index (κ2) is 6.04. The van der Waals surface area contributed by atoms with Crippen LogP contribution in [-0.4, -0.2) is 27.4 Å². The maximum atomic E-state index is 12.1. The first-order chi connectivity index (χ1) is 9.60. The second-order valence-electron chi connectivity index (χ2n) is 4.34. The van der Waals surface area contributed by atoms with Gasteiger partial charge in [-0.2, -0.15) is 5.10 Å². The van der Waals surface area contributed by atoms with Gasteiger partial charge in [0.15, 0.2) is 5.69 Å². The third-order valence-corrected chi connectivity index (χ3v) is 2.67. The van der Waals surface area contributed by atoms with Gasteiger partial charge in [-0.15, -0.1) is 0 Å². The van der Waals surface area contributed by atoms with Crippen molar-refractivity contribution >= 4 is 11.6 Å². The van der Waals surface area contributed by atoms with Gasteiger partial charge in [-0.3, -0.25) is 9.48 Å². The summed E-state index contributed by atoms with van der Waals surface area (Å²) in [7, 11) is 1.75. The third-order valence-electron chi connectivity index (χ3n) is 2.67. The minimum Gasteiger partial charge on any atom is -0.384 e. The highest BCUT2D eigenvalue weighted by molar-refractivity contribution is 6.03. The number of carbonyl (C=O) groups excluding carboxylic acids is 1. The molecule has 102 valence electrons. The van der Waals surface area contributed by atoms with Gasteiger partial charge in [0.25, 0.3) is 5.91 Å². The van der Waals surface area contributed by atoms with Crippen LogP contribution in [0.25, 0.3) is 0 Å². The summed E-state index contributed by atoms with van der Waals surface area (Å²) in [5.74, 6) is 5.10. The molecule has 5 nitrogen and oxygen atoms in total. The first kappa shape index (κ1) is 13.8. The van der Waals surface area contributed by atoms with Gasteiger partial charge in [0.05, 0.1) is 5.69 Å². The molecular formula is C15H15N3O2. The van der Waals surface area contributed by atoms with Crippen LogP contribution < -0.4 is 5.32 Å². The molecule has 0 spiro atoms. The highest BCUT2D eigenvalue weighted by Crippen LogP contribution is 2.17. The Hall–Kier alpha value is -2.58. The van der Waals surface area contributed by atoms with E-state index in [4.69, 9.17) is 5.11 Å². The minimum atomic E-state index is -0.289. The standard InChI is InChI=1S/C15H15N3O2/c1-11-5-6-12(4-3-9-19)14(10-11)16-15(20)13-7-8-18(2)17-13/h5-8,10,19H,9H2,1-2H3,(H,16,20). The molecular weight excluding hydrogens is 254 g/mol. The monoisotopic (exact) mass is 269 g/mol. The Balaban J connectivity index is 2.28. The van der Waals surface area contributed by atoms with Crippen LogP contribution in [0.1, 0.15) is 21.6 Å². The van der Waals surface area contributed by atoms with Gasteiger partial charge in [-0.25, -0.2) is 0 Å². The molecule has 1 aromatic carbocycles. The van der Waals surface area contributed by atoms with Crippen molar-refractivity contribution in [2.45, 2.75) is 6.92 Å². The number of nitrogens with one attached hydrogen (secondary N) is 1. The molecule has 1 aromatic heterocycles. The molecule has 0 aliphatic carbocycles. The van der Waals surface area contributed by atoms with Crippen molar-refractivity contribution < 1.29 is 9.90 Å². The number of aryl methyl sites for hydroxylation is 2. The van der Waals surface area contributed by atoms with E-state index in [9.17, 15) is 4.79 Å². The number of hydrogen-bond donors (Lipinski definition) is 2. The summed E-state index contributed by atoms with van der Waals surface area (Å²) in [5, 5.41) is 15.6. The van der Waals surface area contributed by atoms with E-state index in [0.717, 1.165) is 5.56 Å². The van der Waals surface area contributed by atoms with Crippen molar-refractivity contribution in [2.75, 3.05) is 11.9 Å². The summed E-state index contributed by atoms with van der Waals surface area (Å²) in [4.78, 5) is 12.1. The summed E-state index contributed by atoms with van der Waals surface area (Å²) in [5.41, 5.74) is 2.63. The summed E-state index contributed by atoms with van der Waals surface area (Å²) in [6.07, 6.45) is 1.71. The molecule has 0 aliphatic rings. The molecule has 0 saturated heterocycles. The van der Waals surface area contributed by atoms with Gasteiger partial charge >= 0.3 is 0 Å². The van der Waals surface area contributed by atoms with Crippen molar-refractivity contribution in [2.24, 2.45) is 7.05 Å². The Labute approximate surface area is 117 Å². The lowest BCUT2D eigenvalue weighted by molar-refractivity contribution is 0.102. The molecule has 0 saturated carbocycles. The van der Waals surface area contributed by atoms with E-state index in [1.54, 1.807) is 24.0 Å². The van der Waals surface area contributed by atoms with Crippen LogP contribution in [0.4, 0.5) is 5.69 Å². The van der Waals surface area contributed by atoms with Crippen LogP contribution in [0.3, 0.4) is 0 Å². The summed E-state index contributed by atoms with van der Waals surface area (Å²) >= 11 is 0. The first-order valence-electron chi connectivity index (χ1n) is 6.11. The van der Waals surface area contributed by atoms with Crippen LogP contribution in [0.5, 0.6) is 0 Å². The molecule has 0 unspecified atom stereocenters. The molecule has 1 amide bonds. The SMILES string of the molecule is Cc1ccc(C#CCO)c(NC(=O)c2ccn(C)n2)c1. The molecule has 20 heavy (non-hydrogen) atoms. The zero-order valence-electron chi connectivity index (χ0n) is 11.3. The van der Waals surface area contributed by atoms with E-state index in [1.165, 1.54) is 0 Å². The number of aliphatic hydroxyl groups excluding tert-OH is 1. The van der Waals surface area contributed by atoms with Crippen molar-refractivity contribution in [1.82, 2.24) is 9.78 Å². The lowest BCUT2D eigenvalue weighted by Gasteiger charge is -2.07. The van der Waals surface area contributed by atoms with Gasteiger partial charge in [0.1, 0.15) is 6.61 Å². The quantitative estimate of drug-likeness (QED) is 0.808. The smallest absolute Gasteiger partial charge is 0.276 e. The maximum Gasteiger partial charge on any atom is 0.276 e. The van der Waals surface area contributed by atoms with E-state index < -0.39 is 0 Å². The third kappa shape index (κ3) is 3.25. The molecule has 5 heteroatoms. The van der Waals surface area contributed by atoms with Crippen molar-refractivity contribution in [3.05, 3.63) is 47.3 Å². The molecule has 2 aromatic rings. The van der Waals surface area contributed by atoms with Crippen molar-refractivity contribution in [3.8, 4) is 11.8 Å². The van der Waals surface area contributed by atoms with Crippen LogP contribution >= 0.6 is 0 Å². The topological polar surface area (TPSA) is 67.2 Å². The van der Waals surface area contributed by atoms with Crippen LogP contribution in [0.2, 0.25) is 0 Å². The summed E-state index contributed by atoms with van der Waals surface area (Å²) in [6.45, 7) is 1.71. The zero-order valence-corrected chi connectivity index (χ0v) is 11.3. The van der Waals surface area contributed by atoms with Crippen molar-refractivity contribution in [3.63, 3.8) is 0 Å². The number of aromatic nitrogens is 2. The van der Waals surface area contributed by atoms with Crippen LogP contribution in [0, 0.1) is 18.8 Å². The normalized spacial score (nSPS) is 9.75. The Morgan fingerprint density at radius 2 is 2.25 bits per heavy atom. The van der Waals surface area contributed by atoms with Gasteiger partial charge in [0, 0.05) is 18.8 Å². The average molecular weight is 269 g/mol.